The van der Waals surface area contributed by atoms with E-state index < -0.39 is 0 Å². The SMILES string of the molecule is CCN(CC(C)(C)CN)c1ncnc2ccsc12. The fourth-order valence-corrected chi connectivity index (χ4v) is 2.78. The van der Waals surface area contributed by atoms with E-state index >= 15 is 0 Å². The van der Waals surface area contributed by atoms with E-state index in [1.807, 2.05) is 6.07 Å². The maximum Gasteiger partial charge on any atom is 0.150 e. The molecule has 0 aliphatic heterocycles. The van der Waals surface area contributed by atoms with Crippen LogP contribution in [0.15, 0.2) is 17.8 Å². The average molecular weight is 264 g/mol. The Hall–Kier alpha value is -1.20. The van der Waals surface area contributed by atoms with Gasteiger partial charge in [-0.15, -0.1) is 11.3 Å². The Balaban J connectivity index is 2.35. The van der Waals surface area contributed by atoms with Crippen molar-refractivity contribution in [1.29, 1.82) is 0 Å². The third-order valence-corrected chi connectivity index (χ3v) is 3.98. The Bertz CT molecular complexity index is 520. The summed E-state index contributed by atoms with van der Waals surface area (Å²) in [6.07, 6.45) is 1.64. The van der Waals surface area contributed by atoms with Crippen LogP contribution in [0.1, 0.15) is 20.8 Å². The molecule has 4 nitrogen and oxygen atoms in total. The number of aromatic nitrogens is 2. The highest BCUT2D eigenvalue weighted by Crippen LogP contribution is 2.29. The number of fused-ring (bicyclic) bond motifs is 1. The van der Waals surface area contributed by atoms with Gasteiger partial charge in [0.05, 0.1) is 10.2 Å². The Morgan fingerprint density at radius 1 is 1.39 bits per heavy atom. The summed E-state index contributed by atoms with van der Waals surface area (Å²) in [5, 5.41) is 2.06. The predicted molar refractivity (Wildman–Crippen MR) is 78.1 cm³/mol. The molecule has 5 heteroatoms. The highest BCUT2D eigenvalue weighted by atomic mass is 32.1. The van der Waals surface area contributed by atoms with Gasteiger partial charge in [-0.25, -0.2) is 9.97 Å². The normalized spacial score (nSPS) is 12.0. The Kier molecular flexibility index (Phi) is 3.82. The molecule has 0 atom stereocenters. The maximum absolute atomic E-state index is 5.82. The molecule has 2 aromatic rings. The first-order valence-electron chi connectivity index (χ1n) is 6.20. The van der Waals surface area contributed by atoms with Crippen molar-refractivity contribution in [3.8, 4) is 0 Å². The van der Waals surface area contributed by atoms with Crippen molar-refractivity contribution in [2.75, 3.05) is 24.5 Å². The third-order valence-electron chi connectivity index (χ3n) is 3.08. The molecule has 0 saturated carbocycles. The van der Waals surface area contributed by atoms with Gasteiger partial charge in [-0.3, -0.25) is 0 Å². The van der Waals surface area contributed by atoms with Crippen molar-refractivity contribution in [3.63, 3.8) is 0 Å². The minimum absolute atomic E-state index is 0.0878. The van der Waals surface area contributed by atoms with Crippen LogP contribution in [0, 0.1) is 5.41 Å². The zero-order valence-corrected chi connectivity index (χ0v) is 12.0. The number of hydrogen-bond donors (Lipinski definition) is 1. The molecule has 0 aliphatic carbocycles. The molecule has 0 aromatic carbocycles. The molecular formula is C13H20N4S. The van der Waals surface area contributed by atoms with Gasteiger partial charge in [-0.05, 0) is 30.3 Å². The summed E-state index contributed by atoms with van der Waals surface area (Å²) in [4.78, 5) is 11.0. The lowest BCUT2D eigenvalue weighted by Gasteiger charge is -2.31. The van der Waals surface area contributed by atoms with E-state index in [9.17, 15) is 0 Å². The van der Waals surface area contributed by atoms with Crippen molar-refractivity contribution in [2.45, 2.75) is 20.8 Å². The molecule has 2 aromatic heterocycles. The van der Waals surface area contributed by atoms with E-state index in [1.165, 1.54) is 0 Å². The van der Waals surface area contributed by atoms with Crippen molar-refractivity contribution in [2.24, 2.45) is 11.1 Å². The van der Waals surface area contributed by atoms with Crippen molar-refractivity contribution >= 4 is 27.4 Å². The second-order valence-corrected chi connectivity index (χ2v) is 6.13. The Labute approximate surface area is 112 Å². The molecule has 0 spiro atoms. The van der Waals surface area contributed by atoms with E-state index in [1.54, 1.807) is 17.7 Å². The summed E-state index contributed by atoms with van der Waals surface area (Å²) >= 11 is 1.69. The lowest BCUT2D eigenvalue weighted by Crippen LogP contribution is -2.39. The first-order chi connectivity index (χ1) is 8.57. The van der Waals surface area contributed by atoms with E-state index in [0.29, 0.717) is 6.54 Å². The van der Waals surface area contributed by atoms with Crippen LogP contribution < -0.4 is 10.6 Å². The zero-order chi connectivity index (χ0) is 13.2. The van der Waals surface area contributed by atoms with E-state index in [2.05, 4.69) is 41.0 Å². The van der Waals surface area contributed by atoms with Crippen LogP contribution in [0.3, 0.4) is 0 Å². The number of rotatable bonds is 5. The fourth-order valence-electron chi connectivity index (χ4n) is 1.92. The number of nitrogens with zero attached hydrogens (tertiary/aromatic N) is 3. The summed E-state index contributed by atoms with van der Waals surface area (Å²) in [7, 11) is 0. The van der Waals surface area contributed by atoms with Gasteiger partial charge < -0.3 is 10.6 Å². The number of anilines is 1. The standard InChI is InChI=1S/C13H20N4S/c1-4-17(8-13(2,3)7-14)12-11-10(5-6-18-11)15-9-16-12/h5-6,9H,4,7-8,14H2,1-3H3. The van der Waals surface area contributed by atoms with Crippen LogP contribution in [-0.4, -0.2) is 29.6 Å². The molecule has 2 N–H and O–H groups in total. The number of thiophene rings is 1. The molecule has 0 unspecified atom stereocenters. The highest BCUT2D eigenvalue weighted by molar-refractivity contribution is 7.17. The minimum Gasteiger partial charge on any atom is -0.355 e. The van der Waals surface area contributed by atoms with E-state index in [4.69, 9.17) is 5.73 Å². The lowest BCUT2D eigenvalue weighted by atomic mass is 9.93. The van der Waals surface area contributed by atoms with E-state index in [-0.39, 0.29) is 5.41 Å². The third kappa shape index (κ3) is 2.62. The average Bonchev–Trinajstić information content (AvgIpc) is 2.84. The quantitative estimate of drug-likeness (QED) is 0.901. The second-order valence-electron chi connectivity index (χ2n) is 5.21. The predicted octanol–water partition coefficient (Wildman–Crippen LogP) is 2.50. The van der Waals surface area contributed by atoms with Gasteiger partial charge in [0, 0.05) is 13.1 Å². The number of hydrogen-bond acceptors (Lipinski definition) is 5. The maximum atomic E-state index is 5.82. The molecule has 18 heavy (non-hydrogen) atoms. The summed E-state index contributed by atoms with van der Waals surface area (Å²) in [5.74, 6) is 1.03. The first-order valence-corrected chi connectivity index (χ1v) is 7.08. The van der Waals surface area contributed by atoms with Crippen LogP contribution in [-0.2, 0) is 0 Å². The monoisotopic (exact) mass is 264 g/mol. The van der Waals surface area contributed by atoms with Gasteiger partial charge >= 0.3 is 0 Å². The molecule has 0 saturated heterocycles. The molecular weight excluding hydrogens is 244 g/mol. The fraction of sp³-hybridized carbons (Fsp3) is 0.538. The van der Waals surface area contributed by atoms with E-state index in [0.717, 1.165) is 29.1 Å². The number of nitrogens with two attached hydrogens (primary N) is 1. The molecule has 0 aliphatic rings. The zero-order valence-electron chi connectivity index (χ0n) is 11.2. The molecule has 0 radical (unpaired) electrons. The van der Waals surface area contributed by atoms with Crippen molar-refractivity contribution in [1.82, 2.24) is 9.97 Å². The second kappa shape index (κ2) is 5.20. The van der Waals surface area contributed by atoms with Crippen LogP contribution in [0.25, 0.3) is 10.2 Å². The summed E-state index contributed by atoms with van der Waals surface area (Å²) in [6, 6.07) is 2.03. The Morgan fingerprint density at radius 2 is 2.17 bits per heavy atom. The first kappa shape index (κ1) is 13.2. The van der Waals surface area contributed by atoms with Gasteiger partial charge in [0.1, 0.15) is 12.1 Å². The topological polar surface area (TPSA) is 55.0 Å². The molecule has 98 valence electrons. The highest BCUT2D eigenvalue weighted by Gasteiger charge is 2.21. The van der Waals surface area contributed by atoms with Crippen molar-refractivity contribution in [3.05, 3.63) is 17.8 Å². The van der Waals surface area contributed by atoms with Crippen LogP contribution in [0.2, 0.25) is 0 Å². The Morgan fingerprint density at radius 3 is 2.83 bits per heavy atom. The summed E-state index contributed by atoms with van der Waals surface area (Å²) < 4.78 is 1.16. The summed E-state index contributed by atoms with van der Waals surface area (Å²) in [5.41, 5.74) is 6.93. The molecule has 0 amide bonds. The van der Waals surface area contributed by atoms with Crippen LogP contribution in [0.4, 0.5) is 5.82 Å². The van der Waals surface area contributed by atoms with Gasteiger partial charge in [-0.2, -0.15) is 0 Å². The largest absolute Gasteiger partial charge is 0.355 e. The van der Waals surface area contributed by atoms with Gasteiger partial charge in [0.15, 0.2) is 0 Å². The molecule has 0 fully saturated rings. The van der Waals surface area contributed by atoms with Crippen LogP contribution >= 0.6 is 11.3 Å². The van der Waals surface area contributed by atoms with Gasteiger partial charge in [-0.1, -0.05) is 13.8 Å². The lowest BCUT2D eigenvalue weighted by molar-refractivity contribution is 0.379. The molecule has 2 heterocycles. The van der Waals surface area contributed by atoms with Gasteiger partial charge in [0.2, 0.25) is 0 Å². The summed E-state index contributed by atoms with van der Waals surface area (Å²) in [6.45, 7) is 9.01. The van der Waals surface area contributed by atoms with Crippen molar-refractivity contribution < 1.29 is 0 Å². The van der Waals surface area contributed by atoms with Crippen LogP contribution in [0.5, 0.6) is 0 Å². The molecule has 0 bridgehead atoms. The molecule has 2 rings (SSSR count). The smallest absolute Gasteiger partial charge is 0.150 e. The minimum atomic E-state index is 0.0878. The van der Waals surface area contributed by atoms with Gasteiger partial charge in [0.25, 0.3) is 0 Å².